The van der Waals surface area contributed by atoms with Crippen molar-refractivity contribution in [3.63, 3.8) is 0 Å². The maximum atomic E-state index is 11.1. The second kappa shape index (κ2) is 4.46. The average molecular weight is 222 g/mol. The SMILES string of the molecule is Cl.Cl.O=C1c2ccccc2CN1O. The molecule has 0 saturated carbocycles. The van der Waals surface area contributed by atoms with E-state index >= 15 is 0 Å². The molecule has 3 nitrogen and oxygen atoms in total. The third-order valence-corrected chi connectivity index (χ3v) is 1.80. The number of hydrogen-bond acceptors (Lipinski definition) is 2. The monoisotopic (exact) mass is 221 g/mol. The third kappa shape index (κ3) is 1.94. The Bertz CT molecular complexity index is 317. The van der Waals surface area contributed by atoms with Crippen molar-refractivity contribution in [2.75, 3.05) is 0 Å². The summed E-state index contributed by atoms with van der Waals surface area (Å²) in [6.45, 7) is 0.314. The molecule has 1 aromatic rings. The van der Waals surface area contributed by atoms with Crippen molar-refractivity contribution in [2.24, 2.45) is 0 Å². The Morgan fingerprint density at radius 1 is 1.23 bits per heavy atom. The highest BCUT2D eigenvalue weighted by Gasteiger charge is 2.24. The zero-order valence-corrected chi connectivity index (χ0v) is 8.27. The molecular weight excluding hydrogens is 213 g/mol. The van der Waals surface area contributed by atoms with Gasteiger partial charge >= 0.3 is 0 Å². The molecule has 0 bridgehead atoms. The van der Waals surface area contributed by atoms with E-state index in [1.165, 1.54) is 0 Å². The zero-order valence-electron chi connectivity index (χ0n) is 6.64. The molecule has 0 spiro atoms. The first-order valence-corrected chi connectivity index (χ1v) is 3.37. The quantitative estimate of drug-likeness (QED) is 0.680. The number of benzene rings is 1. The van der Waals surface area contributed by atoms with Crippen LogP contribution in [0.1, 0.15) is 15.9 Å². The number of nitrogens with zero attached hydrogens (tertiary/aromatic N) is 1. The maximum Gasteiger partial charge on any atom is 0.277 e. The van der Waals surface area contributed by atoms with Gasteiger partial charge in [-0.2, -0.15) is 0 Å². The Balaban J connectivity index is 0.000000720. The Labute approximate surface area is 88.1 Å². The summed E-state index contributed by atoms with van der Waals surface area (Å²) in [6.07, 6.45) is 0. The van der Waals surface area contributed by atoms with Gasteiger partial charge in [-0.3, -0.25) is 10.0 Å². The van der Waals surface area contributed by atoms with Crippen molar-refractivity contribution in [3.05, 3.63) is 35.4 Å². The van der Waals surface area contributed by atoms with Gasteiger partial charge in [0.1, 0.15) is 0 Å². The van der Waals surface area contributed by atoms with Gasteiger partial charge in [-0.25, -0.2) is 5.06 Å². The van der Waals surface area contributed by atoms with Gasteiger partial charge in [0.05, 0.1) is 6.54 Å². The van der Waals surface area contributed by atoms with Crippen LogP contribution in [0.3, 0.4) is 0 Å². The topological polar surface area (TPSA) is 40.5 Å². The van der Waals surface area contributed by atoms with Crippen LogP contribution in [-0.4, -0.2) is 16.2 Å². The van der Waals surface area contributed by atoms with Gasteiger partial charge in [-0.05, 0) is 11.6 Å². The fourth-order valence-electron chi connectivity index (χ4n) is 1.24. The second-order valence-corrected chi connectivity index (χ2v) is 2.52. The largest absolute Gasteiger partial charge is 0.285 e. The number of carbonyl (C=O) groups is 1. The number of hydrogen-bond donors (Lipinski definition) is 1. The molecule has 0 fully saturated rings. The fourth-order valence-corrected chi connectivity index (χ4v) is 1.24. The van der Waals surface area contributed by atoms with E-state index in [-0.39, 0.29) is 30.7 Å². The number of rotatable bonds is 0. The summed E-state index contributed by atoms with van der Waals surface area (Å²) in [7, 11) is 0. The summed E-state index contributed by atoms with van der Waals surface area (Å²) in [5, 5.41) is 9.73. The molecule has 1 amide bonds. The fraction of sp³-hybridized carbons (Fsp3) is 0.125. The Hall–Kier alpha value is -0.770. The van der Waals surface area contributed by atoms with Crippen LogP contribution in [0.2, 0.25) is 0 Å². The Morgan fingerprint density at radius 3 is 2.46 bits per heavy atom. The Morgan fingerprint density at radius 2 is 1.85 bits per heavy atom. The lowest BCUT2D eigenvalue weighted by molar-refractivity contribution is -0.0579. The highest BCUT2D eigenvalue weighted by atomic mass is 35.5. The lowest BCUT2D eigenvalue weighted by Gasteiger charge is -2.01. The molecule has 0 unspecified atom stereocenters. The number of amides is 1. The second-order valence-electron chi connectivity index (χ2n) is 2.52. The number of hydroxylamine groups is 2. The first kappa shape index (κ1) is 12.2. The van der Waals surface area contributed by atoms with Crippen LogP contribution in [0.4, 0.5) is 0 Å². The van der Waals surface area contributed by atoms with Crippen LogP contribution >= 0.6 is 24.8 Å². The van der Waals surface area contributed by atoms with Crippen LogP contribution in [0, 0.1) is 0 Å². The van der Waals surface area contributed by atoms with Crippen molar-refractivity contribution >= 4 is 30.7 Å². The van der Waals surface area contributed by atoms with Crippen LogP contribution in [0.15, 0.2) is 24.3 Å². The van der Waals surface area contributed by atoms with Gasteiger partial charge in [-0.1, -0.05) is 18.2 Å². The standard InChI is InChI=1S/C8H7NO2.2ClH/c10-8-7-4-2-1-3-6(7)5-9(8)11;;/h1-4,11H,5H2;2*1H. The van der Waals surface area contributed by atoms with E-state index in [2.05, 4.69) is 0 Å². The molecule has 1 heterocycles. The molecule has 13 heavy (non-hydrogen) atoms. The molecule has 5 heteroatoms. The summed E-state index contributed by atoms with van der Waals surface area (Å²) < 4.78 is 0. The Kier molecular flexibility index (Phi) is 4.20. The summed E-state index contributed by atoms with van der Waals surface area (Å²) in [5.41, 5.74) is 1.50. The minimum atomic E-state index is -0.305. The molecule has 0 radical (unpaired) electrons. The van der Waals surface area contributed by atoms with Crippen molar-refractivity contribution in [1.29, 1.82) is 0 Å². The van der Waals surface area contributed by atoms with Crippen LogP contribution < -0.4 is 0 Å². The van der Waals surface area contributed by atoms with E-state index < -0.39 is 0 Å². The maximum absolute atomic E-state index is 11.1. The zero-order chi connectivity index (χ0) is 7.84. The normalized spacial score (nSPS) is 13.0. The molecule has 0 saturated heterocycles. The van der Waals surface area contributed by atoms with Gasteiger partial charge in [0.2, 0.25) is 0 Å². The van der Waals surface area contributed by atoms with Crippen molar-refractivity contribution in [1.82, 2.24) is 5.06 Å². The van der Waals surface area contributed by atoms with E-state index in [1.54, 1.807) is 12.1 Å². The van der Waals surface area contributed by atoms with E-state index in [0.717, 1.165) is 10.6 Å². The highest BCUT2D eigenvalue weighted by molar-refractivity contribution is 5.97. The molecule has 0 aromatic heterocycles. The molecule has 1 N–H and O–H groups in total. The van der Waals surface area contributed by atoms with Crippen LogP contribution in [0.25, 0.3) is 0 Å². The molecule has 1 aromatic carbocycles. The van der Waals surface area contributed by atoms with E-state index in [4.69, 9.17) is 5.21 Å². The molecule has 1 aliphatic heterocycles. The minimum absolute atomic E-state index is 0. The molecule has 0 aliphatic carbocycles. The van der Waals surface area contributed by atoms with E-state index in [9.17, 15) is 4.79 Å². The third-order valence-electron chi connectivity index (χ3n) is 1.80. The number of halogens is 2. The van der Waals surface area contributed by atoms with Gasteiger partial charge in [0.15, 0.2) is 0 Å². The average Bonchev–Trinajstić information content (AvgIpc) is 2.30. The molecule has 2 rings (SSSR count). The summed E-state index contributed by atoms with van der Waals surface area (Å²) in [5.74, 6) is -0.305. The first-order chi connectivity index (χ1) is 5.29. The predicted octanol–water partition coefficient (Wildman–Crippen LogP) is 1.88. The van der Waals surface area contributed by atoms with Crippen molar-refractivity contribution < 1.29 is 10.0 Å². The lowest BCUT2D eigenvalue weighted by Crippen LogP contribution is -2.18. The molecular formula is C8H9Cl2NO2. The van der Waals surface area contributed by atoms with Crippen molar-refractivity contribution in [3.8, 4) is 0 Å². The van der Waals surface area contributed by atoms with Gasteiger partial charge in [0, 0.05) is 5.56 Å². The van der Waals surface area contributed by atoms with Crippen LogP contribution in [0.5, 0.6) is 0 Å². The van der Waals surface area contributed by atoms with E-state index in [1.807, 2.05) is 12.1 Å². The van der Waals surface area contributed by atoms with Crippen LogP contribution in [-0.2, 0) is 6.54 Å². The lowest BCUT2D eigenvalue weighted by atomic mass is 10.1. The van der Waals surface area contributed by atoms with E-state index in [0.29, 0.717) is 12.1 Å². The number of carbonyl (C=O) groups excluding carboxylic acids is 1. The summed E-state index contributed by atoms with van der Waals surface area (Å²) in [6, 6.07) is 7.19. The molecule has 1 aliphatic rings. The first-order valence-electron chi connectivity index (χ1n) is 3.37. The smallest absolute Gasteiger partial charge is 0.277 e. The molecule has 72 valence electrons. The minimum Gasteiger partial charge on any atom is -0.285 e. The van der Waals surface area contributed by atoms with Gasteiger partial charge in [-0.15, -0.1) is 24.8 Å². The van der Waals surface area contributed by atoms with Gasteiger partial charge < -0.3 is 0 Å². The summed E-state index contributed by atoms with van der Waals surface area (Å²) >= 11 is 0. The van der Waals surface area contributed by atoms with Crippen molar-refractivity contribution in [2.45, 2.75) is 6.54 Å². The molecule has 0 atom stereocenters. The predicted molar refractivity (Wildman–Crippen MR) is 52.6 cm³/mol. The van der Waals surface area contributed by atoms with Gasteiger partial charge in [0.25, 0.3) is 5.91 Å². The number of fused-ring (bicyclic) bond motifs is 1. The summed E-state index contributed by atoms with van der Waals surface area (Å²) in [4.78, 5) is 11.1. The highest BCUT2D eigenvalue weighted by Crippen LogP contribution is 2.19.